The predicted octanol–water partition coefficient (Wildman–Crippen LogP) is 2.51. The van der Waals surface area contributed by atoms with E-state index in [4.69, 9.17) is 0 Å². The number of benzene rings is 2. The summed E-state index contributed by atoms with van der Waals surface area (Å²) < 4.78 is 1.35. The normalized spacial score (nSPS) is 15.0. The van der Waals surface area contributed by atoms with E-state index in [-0.39, 0.29) is 17.9 Å². The molecule has 0 saturated heterocycles. The van der Waals surface area contributed by atoms with Gasteiger partial charge in [-0.05, 0) is 0 Å². The van der Waals surface area contributed by atoms with Gasteiger partial charge in [-0.25, -0.2) is 0 Å². The van der Waals surface area contributed by atoms with E-state index in [1.165, 1.54) is 9.36 Å². The maximum atomic E-state index is 12.4. The summed E-state index contributed by atoms with van der Waals surface area (Å²) in [7, 11) is 0. The van der Waals surface area contributed by atoms with E-state index >= 15 is 0 Å². The van der Waals surface area contributed by atoms with Gasteiger partial charge in [0.25, 0.3) is 0 Å². The number of carbonyl (C=O) groups is 2. The summed E-state index contributed by atoms with van der Waals surface area (Å²) in [6.45, 7) is 1.96. The predicted molar refractivity (Wildman–Crippen MR) is 87.7 cm³/mol. The Bertz CT molecular complexity index is 664. The Morgan fingerprint density at radius 2 is 1.45 bits per heavy atom. The molecule has 1 atom stereocenters. The van der Waals surface area contributed by atoms with Crippen molar-refractivity contribution in [3.05, 3.63) is 65.7 Å². The van der Waals surface area contributed by atoms with Gasteiger partial charge in [-0.2, -0.15) is 0 Å². The van der Waals surface area contributed by atoms with Gasteiger partial charge in [0.1, 0.15) is 0 Å². The van der Waals surface area contributed by atoms with Gasteiger partial charge in [0.15, 0.2) is 0 Å². The molecule has 3 rings (SSSR count). The van der Waals surface area contributed by atoms with Crippen LogP contribution in [-0.4, -0.2) is 37.7 Å². The van der Waals surface area contributed by atoms with Crippen molar-refractivity contribution in [2.45, 2.75) is 24.7 Å². The number of hydrogen-bond acceptors (Lipinski definition) is 2. The van der Waals surface area contributed by atoms with E-state index in [0.717, 1.165) is 11.7 Å². The van der Waals surface area contributed by atoms with Crippen LogP contribution in [0.2, 0.25) is 5.32 Å². The third-order valence-corrected chi connectivity index (χ3v) is 6.01. The average Bonchev–Trinajstić information content (AvgIpc) is 2.80. The summed E-state index contributed by atoms with van der Waals surface area (Å²) in [5, 5.41) is 1.02. The molecule has 22 heavy (non-hydrogen) atoms. The molecule has 2 aromatic rings. The van der Waals surface area contributed by atoms with Crippen LogP contribution in [-0.2, 0) is 0 Å². The van der Waals surface area contributed by atoms with Gasteiger partial charge in [-0.1, -0.05) is 0 Å². The Hall–Kier alpha value is -1.90. The van der Waals surface area contributed by atoms with Gasteiger partial charge in [-0.3, -0.25) is 0 Å². The van der Waals surface area contributed by atoms with Gasteiger partial charge < -0.3 is 0 Å². The minimum atomic E-state index is -0.152. The minimum absolute atomic E-state index is 0.0574. The van der Waals surface area contributed by atoms with Crippen molar-refractivity contribution in [1.29, 1.82) is 0 Å². The number of carbonyl (C=O) groups excluding carboxylic acids is 2. The van der Waals surface area contributed by atoms with E-state index in [9.17, 15) is 9.59 Å². The molecule has 0 N–H and O–H groups in total. The molecule has 0 aliphatic carbocycles. The molecule has 0 spiro atoms. The van der Waals surface area contributed by atoms with Gasteiger partial charge in [0.05, 0.1) is 0 Å². The van der Waals surface area contributed by atoms with Crippen LogP contribution in [0.15, 0.2) is 54.6 Å². The third-order valence-electron chi connectivity index (χ3n) is 3.81. The quantitative estimate of drug-likeness (QED) is 0.608. The van der Waals surface area contributed by atoms with Crippen LogP contribution in [0.3, 0.4) is 0 Å². The molecule has 1 aliphatic rings. The van der Waals surface area contributed by atoms with E-state index in [2.05, 4.69) is 12.1 Å². The zero-order chi connectivity index (χ0) is 15.5. The van der Waals surface area contributed by atoms with Crippen LogP contribution in [0.1, 0.15) is 34.1 Å². The van der Waals surface area contributed by atoms with Crippen molar-refractivity contribution in [3.63, 3.8) is 0 Å². The first-order valence-corrected chi connectivity index (χ1v) is 9.40. The van der Waals surface area contributed by atoms with E-state index in [1.807, 2.05) is 25.1 Å². The van der Waals surface area contributed by atoms with Crippen molar-refractivity contribution >= 4 is 31.2 Å². The number of hydrogen-bond donors (Lipinski definition) is 0. The second-order valence-corrected chi connectivity index (χ2v) is 7.78. The fourth-order valence-corrected chi connectivity index (χ4v) is 4.79. The standard InChI is InChI=1S/C18H17NO2Se/c1-13(11-12-22-14-7-3-2-4-8-14)19-17(20)15-9-5-6-10-16(15)18(19)21/h2-10,13H,11-12H2,1H3/t13-/m1/s1. The summed E-state index contributed by atoms with van der Waals surface area (Å²) in [6, 6.07) is 17.4. The second kappa shape index (κ2) is 6.47. The maximum absolute atomic E-state index is 12.4. The van der Waals surface area contributed by atoms with E-state index in [0.29, 0.717) is 26.1 Å². The molecule has 2 aromatic carbocycles. The van der Waals surface area contributed by atoms with Crippen LogP contribution in [0, 0.1) is 0 Å². The van der Waals surface area contributed by atoms with Crippen molar-refractivity contribution in [2.75, 3.05) is 0 Å². The molecule has 3 nitrogen and oxygen atoms in total. The van der Waals surface area contributed by atoms with Gasteiger partial charge in [-0.15, -0.1) is 0 Å². The van der Waals surface area contributed by atoms with Crippen molar-refractivity contribution < 1.29 is 9.59 Å². The molecular weight excluding hydrogens is 341 g/mol. The fourth-order valence-electron chi connectivity index (χ4n) is 2.60. The van der Waals surface area contributed by atoms with Crippen molar-refractivity contribution in [3.8, 4) is 0 Å². The number of imide groups is 1. The Balaban J connectivity index is 1.63. The number of rotatable bonds is 5. The molecule has 4 heteroatoms. The molecule has 1 aliphatic heterocycles. The summed E-state index contributed by atoms with van der Waals surface area (Å²) in [4.78, 5) is 26.2. The Kier molecular flexibility index (Phi) is 4.41. The SMILES string of the molecule is C[C@H](CC[Se]c1ccccc1)N1C(=O)c2ccccc2C1=O. The first-order valence-electron chi connectivity index (χ1n) is 7.33. The molecule has 2 amide bonds. The molecule has 0 unspecified atom stereocenters. The Labute approximate surface area is 136 Å². The fraction of sp³-hybridized carbons (Fsp3) is 0.222. The van der Waals surface area contributed by atoms with Crippen molar-refractivity contribution in [2.24, 2.45) is 0 Å². The van der Waals surface area contributed by atoms with E-state index < -0.39 is 0 Å². The third kappa shape index (κ3) is 2.85. The summed E-state index contributed by atoms with van der Waals surface area (Å²) >= 11 is 0.383. The first-order chi connectivity index (χ1) is 10.7. The van der Waals surface area contributed by atoms with Gasteiger partial charge in [0, 0.05) is 0 Å². The van der Waals surface area contributed by atoms with Crippen LogP contribution >= 0.6 is 0 Å². The van der Waals surface area contributed by atoms with Gasteiger partial charge in [0.2, 0.25) is 0 Å². The molecule has 112 valence electrons. The number of amides is 2. The van der Waals surface area contributed by atoms with Crippen LogP contribution in [0.5, 0.6) is 0 Å². The monoisotopic (exact) mass is 359 g/mol. The van der Waals surface area contributed by atoms with Crippen LogP contribution in [0.25, 0.3) is 0 Å². The Morgan fingerprint density at radius 1 is 0.909 bits per heavy atom. The average molecular weight is 358 g/mol. The van der Waals surface area contributed by atoms with Crippen LogP contribution in [0.4, 0.5) is 0 Å². The Morgan fingerprint density at radius 3 is 2.05 bits per heavy atom. The molecular formula is C18H17NO2Se. The molecule has 0 fully saturated rings. The summed E-state index contributed by atoms with van der Waals surface area (Å²) in [5.41, 5.74) is 1.07. The summed E-state index contributed by atoms with van der Waals surface area (Å²) in [5.74, 6) is -0.305. The number of nitrogens with zero attached hydrogens (tertiary/aromatic N) is 1. The molecule has 0 saturated carbocycles. The summed E-state index contributed by atoms with van der Waals surface area (Å²) in [6.07, 6.45) is 0.848. The van der Waals surface area contributed by atoms with Gasteiger partial charge >= 0.3 is 136 Å². The number of fused-ring (bicyclic) bond motifs is 1. The topological polar surface area (TPSA) is 37.4 Å². The zero-order valence-electron chi connectivity index (χ0n) is 12.4. The van der Waals surface area contributed by atoms with E-state index in [1.54, 1.807) is 24.3 Å². The zero-order valence-corrected chi connectivity index (χ0v) is 14.1. The molecule has 0 aromatic heterocycles. The first kappa shape index (κ1) is 15.0. The molecule has 1 heterocycles. The second-order valence-electron chi connectivity index (χ2n) is 5.33. The molecule has 0 bridgehead atoms. The van der Waals surface area contributed by atoms with Crippen LogP contribution < -0.4 is 4.46 Å². The van der Waals surface area contributed by atoms with Crippen molar-refractivity contribution in [1.82, 2.24) is 4.90 Å². The molecule has 0 radical (unpaired) electrons.